The second-order valence-corrected chi connectivity index (χ2v) is 14.2. The molecule has 6 rings (SSSR count). The van der Waals surface area contributed by atoms with Crippen molar-refractivity contribution in [1.29, 1.82) is 10.5 Å². The summed E-state index contributed by atoms with van der Waals surface area (Å²) in [5.74, 6) is 0.509. The Balaban J connectivity index is 1.40. The number of phosphoric acid groups is 1. The first kappa shape index (κ1) is 31.1. The van der Waals surface area contributed by atoms with Gasteiger partial charge in [-0.15, -0.1) is 0 Å². The minimum Gasteiger partial charge on any atom is -0.756 e. The Bertz CT molecular complexity index is 1580. The van der Waals surface area contributed by atoms with Gasteiger partial charge in [0, 0.05) is 37.1 Å². The Hall–Kier alpha value is -3.93. The van der Waals surface area contributed by atoms with Crippen LogP contribution in [0.1, 0.15) is 87.7 Å². The van der Waals surface area contributed by atoms with Crippen molar-refractivity contribution in [3.05, 3.63) is 58.7 Å². The molecule has 4 heterocycles. The molecular weight excluding hydrogens is 599 g/mol. The van der Waals surface area contributed by atoms with Crippen LogP contribution < -0.4 is 14.4 Å². The van der Waals surface area contributed by atoms with Crippen molar-refractivity contribution >= 4 is 19.6 Å². The number of likely N-dealkylation sites (tertiary alicyclic amines) is 2. The first-order valence-electron chi connectivity index (χ1n) is 15.0. The van der Waals surface area contributed by atoms with Gasteiger partial charge >= 0.3 is 0 Å². The first-order valence-corrected chi connectivity index (χ1v) is 16.4. The van der Waals surface area contributed by atoms with E-state index in [9.17, 15) is 29.6 Å². The van der Waals surface area contributed by atoms with E-state index in [2.05, 4.69) is 12.1 Å². The zero-order valence-electron chi connectivity index (χ0n) is 25.5. The van der Waals surface area contributed by atoms with E-state index < -0.39 is 43.3 Å². The van der Waals surface area contributed by atoms with Crippen LogP contribution in [0.25, 0.3) is 0 Å². The molecule has 12 nitrogen and oxygen atoms in total. The van der Waals surface area contributed by atoms with Crippen molar-refractivity contribution in [2.45, 2.75) is 88.9 Å². The lowest BCUT2D eigenvalue weighted by Gasteiger charge is -2.51. The van der Waals surface area contributed by atoms with E-state index in [4.69, 9.17) is 18.5 Å². The van der Waals surface area contributed by atoms with Crippen LogP contribution >= 0.6 is 7.82 Å². The van der Waals surface area contributed by atoms with Crippen LogP contribution in [-0.4, -0.2) is 58.1 Å². The average molecular weight is 634 g/mol. The molecular formula is C32H34N4O8P-. The smallest absolute Gasteiger partial charge is 0.268 e. The van der Waals surface area contributed by atoms with Gasteiger partial charge in [0.05, 0.1) is 35.3 Å². The Labute approximate surface area is 261 Å². The van der Waals surface area contributed by atoms with Gasteiger partial charge in [-0.2, -0.15) is 10.5 Å². The topological polar surface area (TPSA) is 165 Å². The lowest BCUT2D eigenvalue weighted by molar-refractivity contribution is -0.253. The zero-order chi connectivity index (χ0) is 32.3. The molecule has 2 fully saturated rings. The lowest BCUT2D eigenvalue weighted by Crippen LogP contribution is -2.57. The third-order valence-electron chi connectivity index (χ3n) is 8.98. The number of carbonyl (C=O) groups is 2. The fourth-order valence-corrected chi connectivity index (χ4v) is 8.26. The number of carbonyl (C=O) groups excluding carboxylic acids is 2. The Morgan fingerprint density at radius 3 is 1.53 bits per heavy atom. The maximum atomic E-state index is 14.1. The predicted octanol–water partition coefficient (Wildman–Crippen LogP) is 4.04. The van der Waals surface area contributed by atoms with Gasteiger partial charge < -0.3 is 33.2 Å². The van der Waals surface area contributed by atoms with E-state index in [1.165, 1.54) is 0 Å². The molecule has 0 spiro atoms. The van der Waals surface area contributed by atoms with Crippen LogP contribution in [0.5, 0.6) is 11.5 Å². The number of rotatable bonds is 6. The molecule has 0 unspecified atom stereocenters. The van der Waals surface area contributed by atoms with Crippen molar-refractivity contribution in [2.24, 2.45) is 0 Å². The molecule has 2 aromatic carbocycles. The SMILES string of the molecule is CC1(C)Oc2ccc(C#N)cc2[C@@H](N2CCCC2=O)[C@H]1OP(=O)([O-])O[C@@H]1[C@H](N2CCCC2=O)c2cc(C#N)ccc2OC1(C)C. The largest absolute Gasteiger partial charge is 0.756 e. The van der Waals surface area contributed by atoms with E-state index in [0.717, 1.165) is 0 Å². The zero-order valence-corrected chi connectivity index (χ0v) is 26.4. The fraction of sp³-hybridized carbons (Fsp3) is 0.500. The number of amides is 2. The van der Waals surface area contributed by atoms with E-state index in [-0.39, 0.29) is 11.8 Å². The molecule has 236 valence electrons. The highest BCUT2D eigenvalue weighted by molar-refractivity contribution is 7.45. The highest BCUT2D eigenvalue weighted by Crippen LogP contribution is 2.56. The molecule has 0 bridgehead atoms. The molecule has 0 saturated carbocycles. The lowest BCUT2D eigenvalue weighted by atomic mass is 9.85. The highest BCUT2D eigenvalue weighted by Gasteiger charge is 2.54. The summed E-state index contributed by atoms with van der Waals surface area (Å²) in [5, 5.41) is 19.2. The Morgan fingerprint density at radius 1 is 0.800 bits per heavy atom. The third kappa shape index (κ3) is 5.57. The minimum absolute atomic E-state index is 0.166. The summed E-state index contributed by atoms with van der Waals surface area (Å²) in [6.45, 7) is 7.44. The van der Waals surface area contributed by atoms with Crippen LogP contribution in [0.3, 0.4) is 0 Å². The molecule has 45 heavy (non-hydrogen) atoms. The maximum absolute atomic E-state index is 14.1. The van der Waals surface area contributed by atoms with Gasteiger partial charge in [-0.1, -0.05) is 0 Å². The van der Waals surface area contributed by atoms with Gasteiger partial charge in [-0.05, 0) is 76.9 Å². The number of hydrogen-bond donors (Lipinski definition) is 0. The molecule has 0 aliphatic carbocycles. The van der Waals surface area contributed by atoms with E-state index in [1.807, 2.05) is 0 Å². The molecule has 2 aromatic rings. The summed E-state index contributed by atoms with van der Waals surface area (Å²) in [7, 11) is -5.26. The van der Waals surface area contributed by atoms with Crippen molar-refractivity contribution in [2.75, 3.05) is 13.1 Å². The summed E-state index contributed by atoms with van der Waals surface area (Å²) in [6, 6.07) is 12.1. The molecule has 4 aliphatic heterocycles. The monoisotopic (exact) mass is 633 g/mol. The number of benzene rings is 2. The quantitative estimate of drug-likeness (QED) is 0.424. The number of phosphoric ester groups is 1. The first-order chi connectivity index (χ1) is 21.2. The number of hydrogen-bond acceptors (Lipinski definition) is 10. The van der Waals surface area contributed by atoms with Crippen LogP contribution in [0, 0.1) is 22.7 Å². The van der Waals surface area contributed by atoms with Crippen molar-refractivity contribution in [1.82, 2.24) is 9.80 Å². The molecule has 4 atom stereocenters. The second kappa shape index (κ2) is 11.1. The van der Waals surface area contributed by atoms with Gasteiger partial charge in [-0.25, -0.2) is 0 Å². The highest BCUT2D eigenvalue weighted by atomic mass is 31.2. The molecule has 0 radical (unpaired) electrons. The molecule has 4 aliphatic rings. The standard InChI is InChI=1S/C32H35N4O8P/c1-31(2)29(27(35-13-5-7-25(35)37)21-15-19(17-33)9-11-23(21)41-31)43-45(39,40)44-30-28(36-14-6-8-26(36)38)22-16-20(18-34)10-12-24(22)42-32(30,3)4/h9-12,15-16,27-30H,5-8,13-14H2,1-4H3,(H,39,40)/p-1/t27-,28-,29-,30-/m1/s1. The molecule has 2 saturated heterocycles. The van der Waals surface area contributed by atoms with Crippen LogP contribution in [0.4, 0.5) is 0 Å². The van der Waals surface area contributed by atoms with Gasteiger partial charge in [0.1, 0.15) is 34.9 Å². The number of nitriles is 2. The number of nitrogens with zero attached hydrogens (tertiary/aromatic N) is 4. The van der Waals surface area contributed by atoms with E-state index in [0.29, 0.717) is 72.5 Å². The summed E-state index contributed by atoms with van der Waals surface area (Å²) in [4.78, 5) is 43.3. The molecule has 2 amide bonds. The van der Waals surface area contributed by atoms with Gasteiger partial charge in [0.25, 0.3) is 7.82 Å². The Morgan fingerprint density at radius 2 is 1.20 bits per heavy atom. The molecule has 0 aromatic heterocycles. The van der Waals surface area contributed by atoms with Crippen molar-refractivity contribution < 1.29 is 37.6 Å². The maximum Gasteiger partial charge on any atom is 0.268 e. The summed E-state index contributed by atoms with van der Waals surface area (Å²) >= 11 is 0. The van der Waals surface area contributed by atoms with E-state index in [1.54, 1.807) is 73.9 Å². The summed E-state index contributed by atoms with van der Waals surface area (Å²) in [5.41, 5.74) is -0.931. The molecule has 0 N–H and O–H groups in total. The van der Waals surface area contributed by atoms with Crippen molar-refractivity contribution in [3.63, 3.8) is 0 Å². The van der Waals surface area contributed by atoms with Crippen LogP contribution in [0.2, 0.25) is 0 Å². The Kier molecular flexibility index (Phi) is 7.70. The third-order valence-corrected chi connectivity index (χ3v) is 9.95. The fourth-order valence-electron chi connectivity index (χ4n) is 6.91. The van der Waals surface area contributed by atoms with Crippen molar-refractivity contribution in [3.8, 4) is 23.6 Å². The van der Waals surface area contributed by atoms with Crippen LogP contribution in [-0.2, 0) is 23.2 Å². The summed E-state index contributed by atoms with van der Waals surface area (Å²) in [6.07, 6.45) is -0.724. The number of ether oxygens (including phenoxy) is 2. The normalized spacial score (nSPS) is 26.7. The van der Waals surface area contributed by atoms with Crippen LogP contribution in [0.15, 0.2) is 36.4 Å². The minimum atomic E-state index is -5.26. The van der Waals surface area contributed by atoms with E-state index >= 15 is 0 Å². The average Bonchev–Trinajstić information content (AvgIpc) is 3.60. The number of fused-ring (bicyclic) bond motifs is 2. The van der Waals surface area contributed by atoms with Gasteiger partial charge in [0.15, 0.2) is 0 Å². The summed E-state index contributed by atoms with van der Waals surface area (Å²) < 4.78 is 38.4. The molecule has 13 heteroatoms. The second-order valence-electron chi connectivity index (χ2n) is 12.9. The van der Waals surface area contributed by atoms with Gasteiger partial charge in [-0.3, -0.25) is 14.2 Å². The van der Waals surface area contributed by atoms with Gasteiger partial charge in [0.2, 0.25) is 11.8 Å². The predicted molar refractivity (Wildman–Crippen MR) is 156 cm³/mol.